The number of fused-ring (bicyclic) bond motifs is 1. The van der Waals surface area contributed by atoms with Crippen molar-refractivity contribution in [2.24, 2.45) is 0 Å². The van der Waals surface area contributed by atoms with Crippen LogP contribution in [0.15, 0.2) is 47.5 Å². The number of benzene rings is 2. The number of phenolic OH excluding ortho intramolecular Hbond substituents is 1. The third-order valence-electron chi connectivity index (χ3n) is 3.26. The fraction of sp³-hybridized carbons (Fsp3) is 0.176. The third kappa shape index (κ3) is 2.65. The molecule has 0 fully saturated rings. The highest BCUT2D eigenvalue weighted by Crippen LogP contribution is 2.30. The van der Waals surface area contributed by atoms with Gasteiger partial charge < -0.3 is 14.8 Å². The van der Waals surface area contributed by atoms with E-state index in [9.17, 15) is 9.90 Å². The van der Waals surface area contributed by atoms with Gasteiger partial charge in [0.05, 0.1) is 17.8 Å². The summed E-state index contributed by atoms with van der Waals surface area (Å²) in [5.41, 5.74) is 1.61. The second-order valence-corrected chi connectivity index (χ2v) is 5.32. The number of phenols is 1. The largest absolute Gasteiger partial charge is 0.506 e. The number of H-pyrrole nitrogens is 1. The minimum atomic E-state index is -0.281. The van der Waals surface area contributed by atoms with E-state index in [2.05, 4.69) is 9.97 Å². The quantitative estimate of drug-likeness (QED) is 0.779. The molecule has 0 amide bonds. The van der Waals surface area contributed by atoms with E-state index in [-0.39, 0.29) is 17.4 Å². The number of hydrogen-bond donors (Lipinski definition) is 2. The summed E-state index contributed by atoms with van der Waals surface area (Å²) in [5.74, 6) is 0.723. The second kappa shape index (κ2) is 5.52. The average Bonchev–Trinajstić information content (AvgIpc) is 2.48. The molecule has 0 saturated carbocycles. The Bertz CT molecular complexity index is 884. The average molecular weight is 296 g/mol. The van der Waals surface area contributed by atoms with Crippen LogP contribution in [0.5, 0.6) is 11.5 Å². The molecule has 0 spiro atoms. The lowest BCUT2D eigenvalue weighted by Crippen LogP contribution is -2.06. The van der Waals surface area contributed by atoms with Crippen molar-refractivity contribution in [1.29, 1.82) is 0 Å². The van der Waals surface area contributed by atoms with Crippen LogP contribution < -0.4 is 10.3 Å². The van der Waals surface area contributed by atoms with Gasteiger partial charge in [-0.1, -0.05) is 12.1 Å². The summed E-state index contributed by atoms with van der Waals surface area (Å²) in [5, 5.41) is 10.5. The molecule has 5 nitrogen and oxygen atoms in total. The van der Waals surface area contributed by atoms with Crippen LogP contribution >= 0.6 is 0 Å². The first-order chi connectivity index (χ1) is 10.5. The summed E-state index contributed by atoms with van der Waals surface area (Å²) in [7, 11) is 0. The van der Waals surface area contributed by atoms with Crippen molar-refractivity contribution >= 4 is 10.9 Å². The molecule has 0 unspecified atom stereocenters. The van der Waals surface area contributed by atoms with E-state index in [0.29, 0.717) is 10.9 Å². The maximum absolute atomic E-state index is 11.9. The van der Waals surface area contributed by atoms with Crippen LogP contribution in [-0.2, 0) is 0 Å². The summed E-state index contributed by atoms with van der Waals surface area (Å²) >= 11 is 0. The van der Waals surface area contributed by atoms with Crippen molar-refractivity contribution in [3.63, 3.8) is 0 Å². The second-order valence-electron chi connectivity index (χ2n) is 5.32. The SMILES string of the molecule is CC(C)Oc1cccc(-c2cc(O)c3nc[nH]c(=O)c3c2)c1. The number of nitrogens with zero attached hydrogens (tertiary/aromatic N) is 1. The van der Waals surface area contributed by atoms with Gasteiger partial charge in [-0.05, 0) is 49.2 Å². The van der Waals surface area contributed by atoms with Crippen molar-refractivity contribution in [2.45, 2.75) is 20.0 Å². The monoisotopic (exact) mass is 296 g/mol. The normalized spacial score (nSPS) is 11.0. The topological polar surface area (TPSA) is 75.2 Å². The highest BCUT2D eigenvalue weighted by Gasteiger charge is 2.09. The minimum absolute atomic E-state index is 0.0196. The molecule has 112 valence electrons. The van der Waals surface area contributed by atoms with Gasteiger partial charge in [-0.2, -0.15) is 0 Å². The summed E-state index contributed by atoms with van der Waals surface area (Å²) in [4.78, 5) is 18.4. The smallest absolute Gasteiger partial charge is 0.258 e. The van der Waals surface area contributed by atoms with Gasteiger partial charge in [-0.15, -0.1) is 0 Å². The zero-order chi connectivity index (χ0) is 15.7. The number of aromatic amines is 1. The zero-order valence-electron chi connectivity index (χ0n) is 12.3. The Morgan fingerprint density at radius 2 is 2.00 bits per heavy atom. The van der Waals surface area contributed by atoms with Gasteiger partial charge in [0.15, 0.2) is 0 Å². The molecule has 3 aromatic rings. The Balaban J connectivity index is 2.14. The van der Waals surface area contributed by atoms with E-state index in [1.54, 1.807) is 12.1 Å². The summed E-state index contributed by atoms with van der Waals surface area (Å²) in [6.07, 6.45) is 1.36. The maximum Gasteiger partial charge on any atom is 0.258 e. The van der Waals surface area contributed by atoms with Crippen LogP contribution in [0.2, 0.25) is 0 Å². The predicted molar refractivity (Wildman–Crippen MR) is 85.2 cm³/mol. The van der Waals surface area contributed by atoms with E-state index in [4.69, 9.17) is 4.74 Å². The number of hydrogen-bond acceptors (Lipinski definition) is 4. The molecule has 0 atom stereocenters. The first-order valence-electron chi connectivity index (χ1n) is 7.02. The summed E-state index contributed by atoms with van der Waals surface area (Å²) in [6, 6.07) is 10.8. The van der Waals surface area contributed by atoms with Crippen molar-refractivity contribution < 1.29 is 9.84 Å². The number of aromatic hydroxyl groups is 1. The van der Waals surface area contributed by atoms with Crippen LogP contribution in [-0.4, -0.2) is 21.2 Å². The van der Waals surface area contributed by atoms with Crippen LogP contribution in [0.1, 0.15) is 13.8 Å². The lowest BCUT2D eigenvalue weighted by Gasteiger charge is -2.11. The Morgan fingerprint density at radius 1 is 1.18 bits per heavy atom. The number of aromatic nitrogens is 2. The molecule has 0 aliphatic rings. The van der Waals surface area contributed by atoms with Gasteiger partial charge in [0.2, 0.25) is 0 Å². The van der Waals surface area contributed by atoms with Gasteiger partial charge in [-0.25, -0.2) is 4.98 Å². The predicted octanol–water partition coefficient (Wildman–Crippen LogP) is 3.08. The molecule has 3 rings (SSSR count). The summed E-state index contributed by atoms with van der Waals surface area (Å²) in [6.45, 7) is 3.92. The molecule has 1 heterocycles. The van der Waals surface area contributed by atoms with E-state index in [1.807, 2.05) is 38.1 Å². The standard InChI is InChI=1S/C17H16N2O3/c1-10(2)22-13-5-3-4-11(6-13)12-7-14-16(15(20)8-12)18-9-19-17(14)21/h3-10,20H,1-2H3,(H,18,19,21). The Labute approximate surface area is 127 Å². The number of rotatable bonds is 3. The molecular formula is C17H16N2O3. The maximum atomic E-state index is 11.9. The lowest BCUT2D eigenvalue weighted by atomic mass is 10.0. The first-order valence-corrected chi connectivity index (χ1v) is 7.02. The van der Waals surface area contributed by atoms with Gasteiger partial charge in [0.25, 0.3) is 5.56 Å². The molecule has 2 N–H and O–H groups in total. The molecular weight excluding hydrogens is 280 g/mol. The van der Waals surface area contributed by atoms with E-state index in [0.717, 1.165) is 16.9 Å². The molecule has 2 aromatic carbocycles. The third-order valence-corrected chi connectivity index (χ3v) is 3.26. The van der Waals surface area contributed by atoms with Crippen molar-refractivity contribution in [3.05, 3.63) is 53.1 Å². The van der Waals surface area contributed by atoms with Gasteiger partial charge in [0, 0.05) is 0 Å². The molecule has 0 aliphatic heterocycles. The first kappa shape index (κ1) is 14.1. The number of nitrogens with one attached hydrogen (secondary N) is 1. The molecule has 0 saturated heterocycles. The Kier molecular flexibility index (Phi) is 3.55. The number of ether oxygens (including phenoxy) is 1. The molecule has 0 aliphatic carbocycles. The van der Waals surface area contributed by atoms with Crippen molar-refractivity contribution in [2.75, 3.05) is 0 Å². The molecule has 1 aromatic heterocycles. The Morgan fingerprint density at radius 3 is 2.77 bits per heavy atom. The summed E-state index contributed by atoms with van der Waals surface area (Å²) < 4.78 is 5.68. The molecule has 5 heteroatoms. The fourth-order valence-corrected chi connectivity index (χ4v) is 2.35. The van der Waals surface area contributed by atoms with Crippen LogP contribution in [0.4, 0.5) is 0 Å². The van der Waals surface area contributed by atoms with E-state index < -0.39 is 0 Å². The molecule has 0 bridgehead atoms. The fourth-order valence-electron chi connectivity index (χ4n) is 2.35. The molecule has 22 heavy (non-hydrogen) atoms. The minimum Gasteiger partial charge on any atom is -0.506 e. The van der Waals surface area contributed by atoms with Crippen LogP contribution in [0.25, 0.3) is 22.0 Å². The van der Waals surface area contributed by atoms with Crippen LogP contribution in [0, 0.1) is 0 Å². The van der Waals surface area contributed by atoms with E-state index >= 15 is 0 Å². The zero-order valence-corrected chi connectivity index (χ0v) is 12.3. The van der Waals surface area contributed by atoms with Gasteiger partial charge in [-0.3, -0.25) is 4.79 Å². The van der Waals surface area contributed by atoms with E-state index in [1.165, 1.54) is 6.33 Å². The van der Waals surface area contributed by atoms with Crippen LogP contribution in [0.3, 0.4) is 0 Å². The lowest BCUT2D eigenvalue weighted by molar-refractivity contribution is 0.242. The van der Waals surface area contributed by atoms with Crippen molar-refractivity contribution in [1.82, 2.24) is 9.97 Å². The highest BCUT2D eigenvalue weighted by atomic mass is 16.5. The Hall–Kier alpha value is -2.82. The van der Waals surface area contributed by atoms with Gasteiger partial charge >= 0.3 is 0 Å². The van der Waals surface area contributed by atoms with Gasteiger partial charge in [0.1, 0.15) is 17.0 Å². The van der Waals surface area contributed by atoms with Crippen molar-refractivity contribution in [3.8, 4) is 22.6 Å². The molecule has 0 radical (unpaired) electrons. The highest BCUT2D eigenvalue weighted by molar-refractivity contribution is 5.88.